The van der Waals surface area contributed by atoms with E-state index in [1.165, 1.54) is 11.0 Å². The zero-order valence-electron chi connectivity index (χ0n) is 18.5. The Labute approximate surface area is 193 Å². The number of likely N-dealkylation sites (tertiary alicyclic amines) is 1. The Kier molecular flexibility index (Phi) is 7.35. The van der Waals surface area contributed by atoms with Gasteiger partial charge in [-0.05, 0) is 75.0 Å². The molecule has 33 heavy (non-hydrogen) atoms. The first-order chi connectivity index (χ1) is 15.6. The standard InChI is InChI=1S/C23H31F3N2O4S/c24-19-4-1-3-17(13-19)16-5-7-20(8-6-16)32-15-18-14-28(22(29)23(25)10-2-11-23)12-9-21(18)27-33(26,30)31/h1,3-4,13,16,18,20-21,27H,2,5-12,14-15H2/t16?,18?,20?,21-/m0/s1. The average Bonchev–Trinajstić information content (AvgIpc) is 2.75. The van der Waals surface area contributed by atoms with E-state index in [9.17, 15) is 25.9 Å². The van der Waals surface area contributed by atoms with Crippen LogP contribution in [-0.4, -0.2) is 56.7 Å². The average molecular weight is 489 g/mol. The third kappa shape index (κ3) is 6.08. The zero-order valence-corrected chi connectivity index (χ0v) is 19.3. The van der Waals surface area contributed by atoms with Crippen LogP contribution in [0.25, 0.3) is 0 Å². The van der Waals surface area contributed by atoms with Gasteiger partial charge in [-0.25, -0.2) is 8.78 Å². The van der Waals surface area contributed by atoms with Crippen LogP contribution in [0.3, 0.4) is 0 Å². The van der Waals surface area contributed by atoms with Crippen LogP contribution >= 0.6 is 0 Å². The minimum absolute atomic E-state index is 0.0531. The monoisotopic (exact) mass is 488 g/mol. The van der Waals surface area contributed by atoms with Crippen molar-refractivity contribution >= 4 is 16.3 Å². The van der Waals surface area contributed by atoms with Gasteiger partial charge < -0.3 is 9.64 Å². The van der Waals surface area contributed by atoms with Gasteiger partial charge in [0.1, 0.15) is 5.82 Å². The SMILES string of the molecule is O=C(N1CC[C@H](NS(=O)(=O)F)C(COC2CCC(c3cccc(F)c3)CC2)C1)C1(F)CCC1. The van der Waals surface area contributed by atoms with E-state index in [0.717, 1.165) is 31.2 Å². The molecule has 1 heterocycles. The summed E-state index contributed by atoms with van der Waals surface area (Å²) in [6.07, 6.45) is 4.45. The summed E-state index contributed by atoms with van der Waals surface area (Å²) in [7, 11) is -4.91. The highest BCUT2D eigenvalue weighted by Gasteiger charge is 2.48. The number of alkyl halides is 1. The Balaban J connectivity index is 1.33. The molecule has 1 amide bonds. The number of nitrogens with one attached hydrogen (secondary N) is 1. The number of amides is 1. The summed E-state index contributed by atoms with van der Waals surface area (Å²) in [6.45, 7) is 0.439. The molecule has 0 bridgehead atoms. The van der Waals surface area contributed by atoms with Gasteiger partial charge in [-0.2, -0.15) is 13.1 Å². The highest BCUT2D eigenvalue weighted by molar-refractivity contribution is 7.84. The van der Waals surface area contributed by atoms with Crippen LogP contribution in [-0.2, 0) is 19.9 Å². The first kappa shape index (κ1) is 24.5. The molecule has 1 aliphatic heterocycles. The van der Waals surface area contributed by atoms with Crippen LogP contribution in [0.1, 0.15) is 62.8 Å². The molecule has 2 atom stereocenters. The lowest BCUT2D eigenvalue weighted by Crippen LogP contribution is -2.58. The Morgan fingerprint density at radius 1 is 1.18 bits per heavy atom. The maximum atomic E-state index is 14.6. The van der Waals surface area contributed by atoms with Crippen molar-refractivity contribution in [2.75, 3.05) is 19.7 Å². The molecule has 1 aromatic rings. The number of hydrogen-bond acceptors (Lipinski definition) is 4. The minimum atomic E-state index is -4.91. The van der Waals surface area contributed by atoms with Crippen LogP contribution in [0.5, 0.6) is 0 Å². The number of hydrogen-bond donors (Lipinski definition) is 1. The molecule has 1 unspecified atom stereocenters. The molecule has 0 spiro atoms. The van der Waals surface area contributed by atoms with Gasteiger partial charge in [0.2, 0.25) is 0 Å². The second kappa shape index (κ2) is 9.92. The van der Waals surface area contributed by atoms with Crippen molar-refractivity contribution in [3.8, 4) is 0 Å². The fourth-order valence-electron chi connectivity index (χ4n) is 5.29. The van der Waals surface area contributed by atoms with E-state index >= 15 is 0 Å². The summed E-state index contributed by atoms with van der Waals surface area (Å²) in [6, 6.07) is 5.90. The predicted molar refractivity (Wildman–Crippen MR) is 117 cm³/mol. The minimum Gasteiger partial charge on any atom is -0.378 e. The number of benzene rings is 1. The molecule has 184 valence electrons. The van der Waals surface area contributed by atoms with E-state index in [1.54, 1.807) is 12.1 Å². The molecule has 0 aromatic heterocycles. The fourth-order valence-corrected chi connectivity index (χ4v) is 5.96. The molecule has 1 saturated heterocycles. The molecule has 3 fully saturated rings. The third-order valence-electron chi connectivity index (χ3n) is 7.38. The highest BCUT2D eigenvalue weighted by atomic mass is 32.3. The molecule has 2 aliphatic carbocycles. The predicted octanol–water partition coefficient (Wildman–Crippen LogP) is 3.78. The van der Waals surface area contributed by atoms with Crippen molar-refractivity contribution in [1.82, 2.24) is 9.62 Å². The van der Waals surface area contributed by atoms with Gasteiger partial charge in [-0.15, -0.1) is 0 Å². The van der Waals surface area contributed by atoms with Crippen LogP contribution in [0, 0.1) is 11.7 Å². The molecule has 0 radical (unpaired) electrons. The molecule has 1 aromatic carbocycles. The smallest absolute Gasteiger partial charge is 0.372 e. The number of piperidine rings is 1. The van der Waals surface area contributed by atoms with Crippen molar-refractivity contribution in [2.24, 2.45) is 5.92 Å². The molecule has 4 rings (SSSR count). The summed E-state index contributed by atoms with van der Waals surface area (Å²) in [5, 5.41) is 0. The first-order valence-corrected chi connectivity index (χ1v) is 13.1. The van der Waals surface area contributed by atoms with E-state index in [0.29, 0.717) is 6.42 Å². The summed E-state index contributed by atoms with van der Waals surface area (Å²) in [5.74, 6) is -1.02. The van der Waals surface area contributed by atoms with E-state index in [2.05, 4.69) is 0 Å². The second-order valence-corrected chi connectivity index (χ2v) is 10.8. The van der Waals surface area contributed by atoms with Gasteiger partial charge in [-0.3, -0.25) is 4.79 Å². The van der Waals surface area contributed by atoms with Gasteiger partial charge in [-0.1, -0.05) is 16.0 Å². The third-order valence-corrected chi connectivity index (χ3v) is 7.97. The number of carbonyl (C=O) groups excluding carboxylic acids is 1. The molecular weight excluding hydrogens is 457 g/mol. The molecule has 1 N–H and O–H groups in total. The number of nitrogens with zero attached hydrogens (tertiary/aromatic N) is 1. The first-order valence-electron chi connectivity index (χ1n) is 11.7. The van der Waals surface area contributed by atoms with Gasteiger partial charge >= 0.3 is 10.4 Å². The Morgan fingerprint density at radius 2 is 1.91 bits per heavy atom. The summed E-state index contributed by atoms with van der Waals surface area (Å²) < 4.78 is 72.0. The molecule has 2 saturated carbocycles. The Bertz CT molecular complexity index is 949. The quantitative estimate of drug-likeness (QED) is 0.593. The molecule has 10 heteroatoms. The van der Waals surface area contributed by atoms with Crippen LogP contribution in [0.2, 0.25) is 0 Å². The normalized spacial score (nSPS) is 30.0. The van der Waals surface area contributed by atoms with Crippen molar-refractivity contribution < 1.29 is 30.6 Å². The van der Waals surface area contributed by atoms with Crippen molar-refractivity contribution in [2.45, 2.75) is 75.1 Å². The molecular formula is C23H31F3N2O4S. The number of halogens is 3. The second-order valence-electron chi connectivity index (χ2n) is 9.64. The maximum absolute atomic E-state index is 14.6. The lowest BCUT2D eigenvalue weighted by atomic mass is 9.80. The molecule has 3 aliphatic rings. The Hall–Kier alpha value is -1.65. The highest BCUT2D eigenvalue weighted by Crippen LogP contribution is 2.39. The van der Waals surface area contributed by atoms with Gasteiger partial charge in [0.05, 0.1) is 12.7 Å². The van der Waals surface area contributed by atoms with Crippen molar-refractivity contribution in [3.63, 3.8) is 0 Å². The largest absolute Gasteiger partial charge is 0.378 e. The van der Waals surface area contributed by atoms with Gasteiger partial charge in [0.25, 0.3) is 5.91 Å². The molecule has 6 nitrogen and oxygen atoms in total. The van der Waals surface area contributed by atoms with Gasteiger partial charge in [0, 0.05) is 25.0 Å². The fraction of sp³-hybridized carbons (Fsp3) is 0.696. The topological polar surface area (TPSA) is 75.7 Å². The van der Waals surface area contributed by atoms with Gasteiger partial charge in [0.15, 0.2) is 5.67 Å². The number of rotatable bonds is 7. The maximum Gasteiger partial charge on any atom is 0.372 e. The van der Waals surface area contributed by atoms with Crippen LogP contribution in [0.15, 0.2) is 24.3 Å². The van der Waals surface area contributed by atoms with Crippen molar-refractivity contribution in [3.05, 3.63) is 35.6 Å². The summed E-state index contributed by atoms with van der Waals surface area (Å²) >= 11 is 0. The zero-order chi connectivity index (χ0) is 23.6. The summed E-state index contributed by atoms with van der Waals surface area (Å²) in [5.41, 5.74) is -0.851. The lowest BCUT2D eigenvalue weighted by molar-refractivity contribution is -0.153. The summed E-state index contributed by atoms with van der Waals surface area (Å²) in [4.78, 5) is 14.0. The number of ether oxygens (including phenoxy) is 1. The van der Waals surface area contributed by atoms with E-state index < -0.39 is 33.9 Å². The number of carbonyl (C=O) groups is 1. The lowest BCUT2D eigenvalue weighted by Gasteiger charge is -2.43. The van der Waals surface area contributed by atoms with E-state index in [1.807, 2.05) is 10.8 Å². The Morgan fingerprint density at radius 3 is 2.52 bits per heavy atom. The van der Waals surface area contributed by atoms with E-state index in [-0.39, 0.29) is 56.8 Å². The van der Waals surface area contributed by atoms with Crippen LogP contribution < -0.4 is 4.72 Å². The van der Waals surface area contributed by atoms with E-state index in [4.69, 9.17) is 4.74 Å². The van der Waals surface area contributed by atoms with Crippen molar-refractivity contribution in [1.29, 1.82) is 0 Å². The van der Waals surface area contributed by atoms with Crippen LogP contribution in [0.4, 0.5) is 12.7 Å².